The predicted octanol–water partition coefficient (Wildman–Crippen LogP) is 3.27. The molecule has 0 saturated heterocycles. The highest BCUT2D eigenvalue weighted by Crippen LogP contribution is 2.38. The molecule has 0 bridgehead atoms. The number of nitrogens with two attached hydrogens (primary N) is 1. The van der Waals surface area contributed by atoms with E-state index in [-0.39, 0.29) is 6.04 Å². The summed E-state index contributed by atoms with van der Waals surface area (Å²) in [5.74, 6) is 0.333. The highest BCUT2D eigenvalue weighted by atomic mass is 15.1. The van der Waals surface area contributed by atoms with E-state index < -0.39 is 0 Å². The van der Waals surface area contributed by atoms with Crippen LogP contribution in [0.25, 0.3) is 0 Å². The van der Waals surface area contributed by atoms with Crippen molar-refractivity contribution in [2.45, 2.75) is 31.2 Å². The summed E-state index contributed by atoms with van der Waals surface area (Å²) < 4.78 is 0. The highest BCUT2D eigenvalue weighted by Gasteiger charge is 2.27. The first-order chi connectivity index (χ1) is 10.2. The molecule has 110 valence electrons. The minimum atomic E-state index is 0.0233. The minimum Gasteiger partial charge on any atom is -0.378 e. The maximum atomic E-state index is 6.56. The average molecular weight is 281 g/mol. The second-order valence-electron chi connectivity index (χ2n) is 6.06. The smallest absolute Gasteiger partial charge is 0.0485 e. The molecule has 1 aromatic carbocycles. The van der Waals surface area contributed by atoms with Gasteiger partial charge < -0.3 is 10.6 Å². The van der Waals surface area contributed by atoms with E-state index in [2.05, 4.69) is 54.3 Å². The van der Waals surface area contributed by atoms with Crippen LogP contribution in [0.3, 0.4) is 0 Å². The van der Waals surface area contributed by atoms with E-state index in [1.165, 1.54) is 28.9 Å². The van der Waals surface area contributed by atoms with Gasteiger partial charge in [-0.25, -0.2) is 0 Å². The monoisotopic (exact) mass is 281 g/mol. The number of pyridine rings is 1. The van der Waals surface area contributed by atoms with Gasteiger partial charge in [-0.05, 0) is 48.6 Å². The van der Waals surface area contributed by atoms with E-state index in [0.29, 0.717) is 5.92 Å². The lowest BCUT2D eigenvalue weighted by Gasteiger charge is -2.29. The van der Waals surface area contributed by atoms with Gasteiger partial charge in [0, 0.05) is 43.6 Å². The SMILES string of the molecule is CN(C)c1ccc(C(N)C2CCCc3cccnc32)cc1. The minimum absolute atomic E-state index is 0.0233. The molecule has 2 aromatic rings. The summed E-state index contributed by atoms with van der Waals surface area (Å²) in [5, 5.41) is 0. The van der Waals surface area contributed by atoms with Crippen molar-refractivity contribution >= 4 is 5.69 Å². The molecule has 1 heterocycles. The molecule has 0 spiro atoms. The summed E-state index contributed by atoms with van der Waals surface area (Å²) in [5.41, 5.74) is 11.5. The first kappa shape index (κ1) is 14.1. The highest BCUT2D eigenvalue weighted by molar-refractivity contribution is 5.47. The van der Waals surface area contributed by atoms with Crippen molar-refractivity contribution in [1.29, 1.82) is 0 Å². The van der Waals surface area contributed by atoms with Gasteiger partial charge in [0.1, 0.15) is 0 Å². The number of benzene rings is 1. The molecular formula is C18H23N3. The molecule has 0 saturated carbocycles. The van der Waals surface area contributed by atoms with Gasteiger partial charge in [0.15, 0.2) is 0 Å². The van der Waals surface area contributed by atoms with Crippen molar-refractivity contribution in [1.82, 2.24) is 4.98 Å². The van der Waals surface area contributed by atoms with Crippen LogP contribution in [0.4, 0.5) is 5.69 Å². The fraction of sp³-hybridized carbons (Fsp3) is 0.389. The molecule has 1 aliphatic carbocycles. The molecule has 2 unspecified atom stereocenters. The summed E-state index contributed by atoms with van der Waals surface area (Å²) in [6, 6.07) is 12.8. The molecule has 3 rings (SSSR count). The quantitative estimate of drug-likeness (QED) is 0.939. The zero-order valence-electron chi connectivity index (χ0n) is 12.8. The topological polar surface area (TPSA) is 42.1 Å². The summed E-state index contributed by atoms with van der Waals surface area (Å²) in [6.45, 7) is 0. The molecule has 2 atom stereocenters. The van der Waals surface area contributed by atoms with Gasteiger partial charge in [0.25, 0.3) is 0 Å². The molecule has 2 N–H and O–H groups in total. The molecule has 0 radical (unpaired) electrons. The second-order valence-corrected chi connectivity index (χ2v) is 6.06. The first-order valence-corrected chi connectivity index (χ1v) is 7.63. The summed E-state index contributed by atoms with van der Waals surface area (Å²) in [4.78, 5) is 6.71. The Bertz CT molecular complexity index is 604. The molecular weight excluding hydrogens is 258 g/mol. The summed E-state index contributed by atoms with van der Waals surface area (Å²) >= 11 is 0. The van der Waals surface area contributed by atoms with Crippen LogP contribution in [0.5, 0.6) is 0 Å². The Balaban J connectivity index is 1.87. The third kappa shape index (κ3) is 2.79. The number of aromatic nitrogens is 1. The van der Waals surface area contributed by atoms with Crippen LogP contribution in [0.2, 0.25) is 0 Å². The summed E-state index contributed by atoms with van der Waals surface area (Å²) in [6.07, 6.45) is 5.35. The molecule has 0 aliphatic heterocycles. The number of rotatable bonds is 3. The first-order valence-electron chi connectivity index (χ1n) is 7.63. The average Bonchev–Trinajstić information content (AvgIpc) is 2.53. The Morgan fingerprint density at radius 2 is 1.95 bits per heavy atom. The van der Waals surface area contributed by atoms with Crippen LogP contribution < -0.4 is 10.6 Å². The molecule has 3 heteroatoms. The molecule has 3 nitrogen and oxygen atoms in total. The summed E-state index contributed by atoms with van der Waals surface area (Å²) in [7, 11) is 4.10. The van der Waals surface area contributed by atoms with E-state index >= 15 is 0 Å². The molecule has 0 amide bonds. The van der Waals surface area contributed by atoms with Gasteiger partial charge in [-0.3, -0.25) is 4.98 Å². The number of hydrogen-bond donors (Lipinski definition) is 1. The van der Waals surface area contributed by atoms with Gasteiger partial charge in [-0.1, -0.05) is 18.2 Å². The zero-order chi connectivity index (χ0) is 14.8. The molecule has 21 heavy (non-hydrogen) atoms. The van der Waals surface area contributed by atoms with Crippen LogP contribution in [-0.2, 0) is 6.42 Å². The van der Waals surface area contributed by atoms with Crippen LogP contribution in [0.15, 0.2) is 42.6 Å². The van der Waals surface area contributed by atoms with Crippen molar-refractivity contribution in [2.24, 2.45) is 5.73 Å². The van der Waals surface area contributed by atoms with E-state index in [1.54, 1.807) is 0 Å². The Kier molecular flexibility index (Phi) is 3.93. The van der Waals surface area contributed by atoms with Crippen LogP contribution in [0, 0.1) is 0 Å². The Labute approximate surface area is 126 Å². The third-order valence-corrected chi connectivity index (χ3v) is 4.47. The fourth-order valence-corrected chi connectivity index (χ4v) is 3.22. The zero-order valence-corrected chi connectivity index (χ0v) is 12.8. The van der Waals surface area contributed by atoms with Gasteiger partial charge in [-0.2, -0.15) is 0 Å². The van der Waals surface area contributed by atoms with Crippen LogP contribution in [-0.4, -0.2) is 19.1 Å². The number of anilines is 1. The van der Waals surface area contributed by atoms with Gasteiger partial charge in [0.05, 0.1) is 0 Å². The Morgan fingerprint density at radius 3 is 2.67 bits per heavy atom. The van der Waals surface area contributed by atoms with Crippen LogP contribution in [0.1, 0.15) is 41.6 Å². The van der Waals surface area contributed by atoms with E-state index in [0.717, 1.165) is 12.8 Å². The van der Waals surface area contributed by atoms with Gasteiger partial charge >= 0.3 is 0 Å². The van der Waals surface area contributed by atoms with Crippen molar-refractivity contribution in [3.05, 3.63) is 59.4 Å². The van der Waals surface area contributed by atoms with E-state index in [9.17, 15) is 0 Å². The lowest BCUT2D eigenvalue weighted by Crippen LogP contribution is -2.24. The number of fused-ring (bicyclic) bond motifs is 1. The van der Waals surface area contributed by atoms with Crippen molar-refractivity contribution < 1.29 is 0 Å². The number of hydrogen-bond acceptors (Lipinski definition) is 3. The maximum Gasteiger partial charge on any atom is 0.0485 e. The number of aryl methyl sites for hydroxylation is 1. The lowest BCUT2D eigenvalue weighted by atomic mass is 9.80. The van der Waals surface area contributed by atoms with Crippen molar-refractivity contribution in [2.75, 3.05) is 19.0 Å². The van der Waals surface area contributed by atoms with Crippen LogP contribution >= 0.6 is 0 Å². The third-order valence-electron chi connectivity index (χ3n) is 4.47. The largest absolute Gasteiger partial charge is 0.378 e. The fourth-order valence-electron chi connectivity index (χ4n) is 3.22. The second kappa shape index (κ2) is 5.86. The lowest BCUT2D eigenvalue weighted by molar-refractivity contribution is 0.463. The van der Waals surface area contributed by atoms with Gasteiger partial charge in [-0.15, -0.1) is 0 Å². The maximum absolute atomic E-state index is 6.56. The van der Waals surface area contributed by atoms with E-state index in [4.69, 9.17) is 5.73 Å². The van der Waals surface area contributed by atoms with E-state index in [1.807, 2.05) is 12.3 Å². The van der Waals surface area contributed by atoms with Crippen molar-refractivity contribution in [3.63, 3.8) is 0 Å². The Morgan fingerprint density at radius 1 is 1.19 bits per heavy atom. The molecule has 1 aliphatic rings. The number of nitrogens with zero attached hydrogens (tertiary/aromatic N) is 2. The molecule has 1 aromatic heterocycles. The Hall–Kier alpha value is -1.87. The molecule has 0 fully saturated rings. The predicted molar refractivity (Wildman–Crippen MR) is 87.6 cm³/mol. The standard InChI is InChI=1S/C18H23N3/c1-21(2)15-10-8-13(9-11-15)17(19)16-7-3-5-14-6-4-12-20-18(14)16/h4,6,8-12,16-17H,3,5,7,19H2,1-2H3. The van der Waals surface area contributed by atoms with Crippen molar-refractivity contribution in [3.8, 4) is 0 Å². The normalized spacial score (nSPS) is 18.9. The van der Waals surface area contributed by atoms with Gasteiger partial charge in [0.2, 0.25) is 0 Å².